The van der Waals surface area contributed by atoms with Gasteiger partial charge in [-0.3, -0.25) is 0 Å². The molecule has 1 aliphatic heterocycles. The Labute approximate surface area is 154 Å². The van der Waals surface area contributed by atoms with E-state index in [1.165, 1.54) is 18.4 Å². The first kappa shape index (κ1) is 17.0. The van der Waals surface area contributed by atoms with E-state index in [9.17, 15) is 0 Å². The van der Waals surface area contributed by atoms with Crippen LogP contribution in [0.25, 0.3) is 0 Å². The fraction of sp³-hybridized carbons (Fsp3) is 0.429. The summed E-state index contributed by atoms with van der Waals surface area (Å²) >= 11 is 0. The molecule has 0 amide bonds. The van der Waals surface area contributed by atoms with E-state index in [2.05, 4.69) is 17.4 Å². The van der Waals surface area contributed by atoms with Crippen molar-refractivity contribution >= 4 is 0 Å². The molecule has 1 N–H and O–H groups in total. The predicted molar refractivity (Wildman–Crippen MR) is 99.3 cm³/mol. The molecular formula is C21H25NO4. The second kappa shape index (κ2) is 7.46. The maximum Gasteiger partial charge on any atom is 0.161 e. The molecule has 5 heteroatoms. The van der Waals surface area contributed by atoms with Crippen molar-refractivity contribution in [3.63, 3.8) is 0 Å². The predicted octanol–water partition coefficient (Wildman–Crippen LogP) is 3.72. The number of nitrogens with one attached hydrogen (secondary N) is 1. The molecule has 0 bridgehead atoms. The van der Waals surface area contributed by atoms with Gasteiger partial charge in [-0.2, -0.15) is 0 Å². The van der Waals surface area contributed by atoms with E-state index in [-0.39, 0.29) is 0 Å². The van der Waals surface area contributed by atoms with Crippen molar-refractivity contribution in [1.82, 2.24) is 5.32 Å². The lowest BCUT2D eigenvalue weighted by Crippen LogP contribution is -2.23. The Hall–Kier alpha value is -2.40. The highest BCUT2D eigenvalue weighted by Gasteiger charge is 2.32. The van der Waals surface area contributed by atoms with Crippen LogP contribution in [0.1, 0.15) is 30.0 Å². The van der Waals surface area contributed by atoms with Gasteiger partial charge in [0.1, 0.15) is 24.7 Å². The zero-order chi connectivity index (χ0) is 17.9. The van der Waals surface area contributed by atoms with E-state index in [1.807, 2.05) is 24.3 Å². The highest BCUT2D eigenvalue weighted by molar-refractivity contribution is 5.45. The summed E-state index contributed by atoms with van der Waals surface area (Å²) in [5.74, 6) is 3.98. The number of benzene rings is 2. The molecule has 0 aromatic heterocycles. The Kier molecular flexibility index (Phi) is 4.89. The van der Waals surface area contributed by atoms with Gasteiger partial charge in [0.05, 0.1) is 14.2 Å². The van der Waals surface area contributed by atoms with Gasteiger partial charge in [-0.05, 0) is 54.2 Å². The third-order valence-corrected chi connectivity index (χ3v) is 4.96. The molecule has 1 saturated carbocycles. The summed E-state index contributed by atoms with van der Waals surface area (Å²) in [6, 6.07) is 12.6. The second-order valence-corrected chi connectivity index (χ2v) is 6.82. The van der Waals surface area contributed by atoms with E-state index in [0.717, 1.165) is 35.1 Å². The fourth-order valence-corrected chi connectivity index (χ4v) is 3.44. The van der Waals surface area contributed by atoms with Crippen molar-refractivity contribution in [3.05, 3.63) is 47.5 Å². The Morgan fingerprint density at radius 3 is 2.31 bits per heavy atom. The van der Waals surface area contributed by atoms with Crippen molar-refractivity contribution < 1.29 is 18.9 Å². The molecule has 0 spiro atoms. The third-order valence-electron chi connectivity index (χ3n) is 4.96. The number of methoxy groups -OCH3 is 2. The minimum Gasteiger partial charge on any atom is -0.497 e. The van der Waals surface area contributed by atoms with Crippen LogP contribution in [0.2, 0.25) is 0 Å². The van der Waals surface area contributed by atoms with Crippen molar-refractivity contribution in [2.75, 3.05) is 27.4 Å². The molecule has 0 radical (unpaired) electrons. The summed E-state index contributed by atoms with van der Waals surface area (Å²) in [5, 5.41) is 3.72. The van der Waals surface area contributed by atoms with Gasteiger partial charge in [-0.1, -0.05) is 6.07 Å². The van der Waals surface area contributed by atoms with Crippen LogP contribution in [0.3, 0.4) is 0 Å². The molecule has 1 atom stereocenters. The first-order chi connectivity index (χ1) is 12.8. The summed E-state index contributed by atoms with van der Waals surface area (Å²) in [6.07, 6.45) is 2.51. The van der Waals surface area contributed by atoms with Gasteiger partial charge in [0.15, 0.2) is 11.5 Å². The van der Waals surface area contributed by atoms with Gasteiger partial charge in [0.2, 0.25) is 0 Å². The molecular weight excluding hydrogens is 330 g/mol. The van der Waals surface area contributed by atoms with Crippen LogP contribution in [0, 0.1) is 5.92 Å². The van der Waals surface area contributed by atoms with Crippen molar-refractivity contribution in [1.29, 1.82) is 0 Å². The number of hydrogen-bond donors (Lipinski definition) is 1. The molecule has 1 aliphatic carbocycles. The van der Waals surface area contributed by atoms with E-state index in [1.54, 1.807) is 14.2 Å². The van der Waals surface area contributed by atoms with Crippen LogP contribution in [0.15, 0.2) is 36.4 Å². The van der Waals surface area contributed by atoms with Crippen molar-refractivity contribution in [2.24, 2.45) is 5.92 Å². The average Bonchev–Trinajstić information content (AvgIpc) is 3.53. The molecule has 2 aromatic rings. The maximum atomic E-state index is 5.75. The smallest absolute Gasteiger partial charge is 0.161 e. The number of fused-ring (bicyclic) bond motifs is 1. The second-order valence-electron chi connectivity index (χ2n) is 6.82. The van der Waals surface area contributed by atoms with Crippen LogP contribution in [0.5, 0.6) is 23.0 Å². The van der Waals surface area contributed by atoms with Crippen LogP contribution in [0.4, 0.5) is 0 Å². The molecule has 26 heavy (non-hydrogen) atoms. The van der Waals surface area contributed by atoms with Crippen molar-refractivity contribution in [2.45, 2.75) is 25.4 Å². The lowest BCUT2D eigenvalue weighted by molar-refractivity contribution is 0.171. The monoisotopic (exact) mass is 355 g/mol. The van der Waals surface area contributed by atoms with Gasteiger partial charge in [-0.15, -0.1) is 0 Å². The minimum absolute atomic E-state index is 0.308. The maximum absolute atomic E-state index is 5.75. The Bertz CT molecular complexity index is 750. The zero-order valence-electron chi connectivity index (χ0n) is 15.3. The van der Waals surface area contributed by atoms with Crippen LogP contribution >= 0.6 is 0 Å². The average molecular weight is 355 g/mol. The summed E-state index contributed by atoms with van der Waals surface area (Å²) < 4.78 is 22.1. The fourth-order valence-electron chi connectivity index (χ4n) is 3.44. The van der Waals surface area contributed by atoms with Gasteiger partial charge in [-0.25, -0.2) is 0 Å². The van der Waals surface area contributed by atoms with Crippen molar-refractivity contribution in [3.8, 4) is 23.0 Å². The molecule has 1 fully saturated rings. The lowest BCUT2D eigenvalue weighted by atomic mass is 10.0. The normalized spacial score (nSPS) is 16.8. The zero-order valence-corrected chi connectivity index (χ0v) is 15.3. The quantitative estimate of drug-likeness (QED) is 0.820. The number of rotatable bonds is 7. The Morgan fingerprint density at radius 2 is 1.65 bits per heavy atom. The molecule has 0 saturated heterocycles. The Balaban J connectivity index is 1.51. The van der Waals surface area contributed by atoms with E-state index in [0.29, 0.717) is 25.2 Å². The third kappa shape index (κ3) is 3.73. The highest BCUT2D eigenvalue weighted by atomic mass is 16.6. The number of ether oxygens (including phenoxy) is 4. The van der Waals surface area contributed by atoms with Crippen LogP contribution in [-0.2, 0) is 6.54 Å². The SMILES string of the molecule is COc1cc(CNC(c2ccc3c(c2)OCCO3)C2CC2)cc(OC)c1. The standard InChI is InChI=1S/C21H25NO4/c1-23-17-9-14(10-18(12-17)24-2)13-22-21(15-3-4-15)16-5-6-19-20(11-16)26-8-7-25-19/h5-6,9-12,15,21-22H,3-4,7-8,13H2,1-2H3. The first-order valence-electron chi connectivity index (χ1n) is 9.11. The summed E-state index contributed by atoms with van der Waals surface area (Å²) in [4.78, 5) is 0. The Morgan fingerprint density at radius 1 is 0.962 bits per heavy atom. The lowest BCUT2D eigenvalue weighted by Gasteiger charge is -2.23. The van der Waals surface area contributed by atoms with E-state index >= 15 is 0 Å². The van der Waals surface area contributed by atoms with Gasteiger partial charge < -0.3 is 24.3 Å². The molecule has 1 heterocycles. The molecule has 5 nitrogen and oxygen atoms in total. The van der Waals surface area contributed by atoms with Gasteiger partial charge in [0.25, 0.3) is 0 Å². The molecule has 138 valence electrons. The summed E-state index contributed by atoms with van der Waals surface area (Å²) in [6.45, 7) is 1.99. The molecule has 2 aromatic carbocycles. The first-order valence-corrected chi connectivity index (χ1v) is 9.11. The summed E-state index contributed by atoms with van der Waals surface area (Å²) in [5.41, 5.74) is 2.40. The van der Waals surface area contributed by atoms with Crippen LogP contribution < -0.4 is 24.3 Å². The van der Waals surface area contributed by atoms with Gasteiger partial charge in [0, 0.05) is 18.7 Å². The number of hydrogen-bond acceptors (Lipinski definition) is 5. The summed E-state index contributed by atoms with van der Waals surface area (Å²) in [7, 11) is 3.35. The topological polar surface area (TPSA) is 49.0 Å². The largest absolute Gasteiger partial charge is 0.497 e. The molecule has 4 rings (SSSR count). The highest BCUT2D eigenvalue weighted by Crippen LogP contribution is 2.43. The van der Waals surface area contributed by atoms with E-state index < -0.39 is 0 Å². The minimum atomic E-state index is 0.308. The van der Waals surface area contributed by atoms with Gasteiger partial charge >= 0.3 is 0 Å². The molecule has 2 aliphatic rings. The van der Waals surface area contributed by atoms with E-state index in [4.69, 9.17) is 18.9 Å². The molecule has 1 unspecified atom stereocenters. The van der Waals surface area contributed by atoms with Crippen LogP contribution in [-0.4, -0.2) is 27.4 Å².